The SMILES string of the molecule is Cc1ccccc1C1=NOC(CCN)C1. The van der Waals surface area contributed by atoms with E-state index < -0.39 is 0 Å². The molecule has 1 atom stereocenters. The molecule has 0 fully saturated rings. The second-order valence-corrected chi connectivity index (χ2v) is 3.86. The first-order chi connectivity index (χ1) is 7.31. The molecule has 80 valence electrons. The molecule has 1 aliphatic heterocycles. The van der Waals surface area contributed by atoms with Crippen molar-refractivity contribution in [2.75, 3.05) is 6.54 Å². The molecule has 1 aliphatic rings. The van der Waals surface area contributed by atoms with Crippen LogP contribution in [-0.4, -0.2) is 18.4 Å². The first kappa shape index (κ1) is 10.2. The van der Waals surface area contributed by atoms with Gasteiger partial charge in [-0.2, -0.15) is 0 Å². The Bertz CT molecular complexity index is 374. The lowest BCUT2D eigenvalue weighted by atomic mass is 9.99. The number of rotatable bonds is 3. The van der Waals surface area contributed by atoms with Crippen molar-refractivity contribution in [3.05, 3.63) is 35.4 Å². The summed E-state index contributed by atoms with van der Waals surface area (Å²) >= 11 is 0. The Morgan fingerprint density at radius 2 is 2.27 bits per heavy atom. The highest BCUT2D eigenvalue weighted by Crippen LogP contribution is 2.20. The topological polar surface area (TPSA) is 47.6 Å². The number of aryl methyl sites for hydroxylation is 1. The molecule has 0 aromatic heterocycles. The number of nitrogens with zero attached hydrogens (tertiary/aromatic N) is 1. The maximum atomic E-state index is 5.49. The first-order valence-electron chi connectivity index (χ1n) is 5.30. The van der Waals surface area contributed by atoms with Gasteiger partial charge >= 0.3 is 0 Å². The molecule has 0 aliphatic carbocycles. The normalized spacial score (nSPS) is 19.9. The van der Waals surface area contributed by atoms with Crippen LogP contribution in [0.1, 0.15) is 24.0 Å². The summed E-state index contributed by atoms with van der Waals surface area (Å²) in [6.45, 7) is 2.75. The second kappa shape index (κ2) is 4.45. The Morgan fingerprint density at radius 1 is 1.47 bits per heavy atom. The summed E-state index contributed by atoms with van der Waals surface area (Å²) in [5, 5.41) is 4.13. The van der Waals surface area contributed by atoms with Crippen LogP contribution in [0.25, 0.3) is 0 Å². The molecular formula is C12H16N2O. The maximum absolute atomic E-state index is 5.49. The molecule has 0 saturated heterocycles. The van der Waals surface area contributed by atoms with Crippen molar-refractivity contribution in [3.63, 3.8) is 0 Å². The van der Waals surface area contributed by atoms with Gasteiger partial charge in [-0.25, -0.2) is 0 Å². The average molecular weight is 204 g/mol. The molecule has 0 saturated carbocycles. The number of oxime groups is 1. The fraction of sp³-hybridized carbons (Fsp3) is 0.417. The molecule has 1 aromatic carbocycles. The van der Waals surface area contributed by atoms with Crippen molar-refractivity contribution < 1.29 is 4.84 Å². The van der Waals surface area contributed by atoms with Crippen molar-refractivity contribution in [2.24, 2.45) is 10.9 Å². The van der Waals surface area contributed by atoms with Gasteiger partial charge in [0.25, 0.3) is 0 Å². The van der Waals surface area contributed by atoms with E-state index in [1.54, 1.807) is 0 Å². The van der Waals surface area contributed by atoms with Crippen LogP contribution >= 0.6 is 0 Å². The Labute approximate surface area is 89.9 Å². The van der Waals surface area contributed by atoms with E-state index in [9.17, 15) is 0 Å². The summed E-state index contributed by atoms with van der Waals surface area (Å²) in [6.07, 6.45) is 1.92. The molecule has 1 unspecified atom stereocenters. The highest BCUT2D eigenvalue weighted by atomic mass is 16.6. The van der Waals surface area contributed by atoms with Crippen LogP contribution in [0.15, 0.2) is 29.4 Å². The number of benzene rings is 1. The van der Waals surface area contributed by atoms with Crippen molar-refractivity contribution in [1.82, 2.24) is 0 Å². The van der Waals surface area contributed by atoms with E-state index in [0.29, 0.717) is 6.54 Å². The number of nitrogens with two attached hydrogens (primary N) is 1. The summed E-state index contributed by atoms with van der Waals surface area (Å²) in [4.78, 5) is 5.32. The van der Waals surface area contributed by atoms with Gasteiger partial charge < -0.3 is 10.6 Å². The van der Waals surface area contributed by atoms with E-state index in [4.69, 9.17) is 10.6 Å². The Hall–Kier alpha value is -1.35. The van der Waals surface area contributed by atoms with Gasteiger partial charge in [0.15, 0.2) is 0 Å². The molecule has 0 amide bonds. The largest absolute Gasteiger partial charge is 0.392 e. The summed E-state index contributed by atoms with van der Waals surface area (Å²) in [5.74, 6) is 0. The van der Waals surface area contributed by atoms with Crippen LogP contribution in [0.3, 0.4) is 0 Å². The second-order valence-electron chi connectivity index (χ2n) is 3.86. The molecule has 0 bridgehead atoms. The van der Waals surface area contributed by atoms with Gasteiger partial charge in [-0.15, -0.1) is 0 Å². The maximum Gasteiger partial charge on any atom is 0.134 e. The van der Waals surface area contributed by atoms with Gasteiger partial charge in [-0.1, -0.05) is 29.4 Å². The Balaban J connectivity index is 2.11. The highest BCUT2D eigenvalue weighted by Gasteiger charge is 2.21. The molecular weight excluding hydrogens is 188 g/mol. The van der Waals surface area contributed by atoms with Gasteiger partial charge in [0.1, 0.15) is 6.10 Å². The zero-order valence-corrected chi connectivity index (χ0v) is 8.94. The van der Waals surface area contributed by atoms with Crippen LogP contribution < -0.4 is 5.73 Å². The molecule has 0 radical (unpaired) electrons. The fourth-order valence-corrected chi connectivity index (χ4v) is 1.82. The predicted molar refractivity (Wildman–Crippen MR) is 60.9 cm³/mol. The molecule has 0 spiro atoms. The third-order valence-electron chi connectivity index (χ3n) is 2.68. The minimum Gasteiger partial charge on any atom is -0.392 e. The quantitative estimate of drug-likeness (QED) is 0.816. The number of hydrogen-bond acceptors (Lipinski definition) is 3. The van der Waals surface area contributed by atoms with E-state index in [0.717, 1.165) is 18.6 Å². The third kappa shape index (κ3) is 2.18. The minimum atomic E-state index is 0.171. The molecule has 3 nitrogen and oxygen atoms in total. The van der Waals surface area contributed by atoms with Gasteiger partial charge in [-0.3, -0.25) is 0 Å². The monoisotopic (exact) mass is 204 g/mol. The zero-order valence-electron chi connectivity index (χ0n) is 8.94. The van der Waals surface area contributed by atoms with Crippen LogP contribution in [0.5, 0.6) is 0 Å². The van der Waals surface area contributed by atoms with E-state index in [-0.39, 0.29) is 6.10 Å². The van der Waals surface area contributed by atoms with Crippen LogP contribution in [0, 0.1) is 6.92 Å². The van der Waals surface area contributed by atoms with Crippen molar-refractivity contribution in [3.8, 4) is 0 Å². The molecule has 3 heteroatoms. The zero-order chi connectivity index (χ0) is 10.7. The number of hydrogen-bond donors (Lipinski definition) is 1. The van der Waals surface area contributed by atoms with Crippen LogP contribution in [0.4, 0.5) is 0 Å². The summed E-state index contributed by atoms with van der Waals surface area (Å²) in [7, 11) is 0. The van der Waals surface area contributed by atoms with E-state index >= 15 is 0 Å². The van der Waals surface area contributed by atoms with E-state index in [1.807, 2.05) is 12.1 Å². The molecule has 2 rings (SSSR count). The predicted octanol–water partition coefficient (Wildman–Crippen LogP) is 1.84. The molecule has 1 heterocycles. The van der Waals surface area contributed by atoms with Gasteiger partial charge in [0.05, 0.1) is 5.71 Å². The van der Waals surface area contributed by atoms with Crippen molar-refractivity contribution in [1.29, 1.82) is 0 Å². The average Bonchev–Trinajstić information content (AvgIpc) is 2.68. The summed E-state index contributed by atoms with van der Waals surface area (Å²) < 4.78 is 0. The standard InChI is InChI=1S/C12H16N2O/c1-9-4-2-3-5-11(9)12-8-10(6-7-13)15-14-12/h2-5,10H,6-8,13H2,1H3. The van der Waals surface area contributed by atoms with Crippen molar-refractivity contribution >= 4 is 5.71 Å². The van der Waals surface area contributed by atoms with Gasteiger partial charge in [0.2, 0.25) is 0 Å². The smallest absolute Gasteiger partial charge is 0.134 e. The first-order valence-corrected chi connectivity index (χ1v) is 5.30. The van der Waals surface area contributed by atoms with Gasteiger partial charge in [-0.05, 0) is 25.5 Å². The van der Waals surface area contributed by atoms with Gasteiger partial charge in [0, 0.05) is 12.0 Å². The molecule has 15 heavy (non-hydrogen) atoms. The van der Waals surface area contributed by atoms with E-state index in [1.165, 1.54) is 11.1 Å². The lowest BCUT2D eigenvalue weighted by Crippen LogP contribution is -2.14. The Kier molecular flexibility index (Phi) is 3.02. The van der Waals surface area contributed by atoms with Crippen molar-refractivity contribution in [2.45, 2.75) is 25.9 Å². The van der Waals surface area contributed by atoms with E-state index in [2.05, 4.69) is 24.2 Å². The highest BCUT2D eigenvalue weighted by molar-refractivity contribution is 6.02. The third-order valence-corrected chi connectivity index (χ3v) is 2.68. The lowest BCUT2D eigenvalue weighted by molar-refractivity contribution is 0.0810. The van der Waals surface area contributed by atoms with Crippen LogP contribution in [-0.2, 0) is 4.84 Å². The Morgan fingerprint density at radius 3 is 3.00 bits per heavy atom. The minimum absolute atomic E-state index is 0.171. The molecule has 1 aromatic rings. The lowest BCUT2D eigenvalue weighted by Gasteiger charge is -2.05. The fourth-order valence-electron chi connectivity index (χ4n) is 1.82. The summed E-state index contributed by atoms with van der Waals surface area (Å²) in [5.41, 5.74) is 8.97. The summed E-state index contributed by atoms with van der Waals surface area (Å²) in [6, 6.07) is 8.24. The van der Waals surface area contributed by atoms with Crippen LogP contribution in [0.2, 0.25) is 0 Å². The molecule has 2 N–H and O–H groups in total.